The van der Waals surface area contributed by atoms with Crippen LogP contribution in [0.2, 0.25) is 0 Å². The van der Waals surface area contributed by atoms with Crippen molar-refractivity contribution in [1.29, 1.82) is 0 Å². The Hall–Kier alpha value is -2.43. The second-order valence-corrected chi connectivity index (χ2v) is 4.64. The van der Waals surface area contributed by atoms with Gasteiger partial charge < -0.3 is 18.8 Å². The highest BCUT2D eigenvalue weighted by molar-refractivity contribution is 5.81. The number of hydrogen-bond donors (Lipinski definition) is 0. The molecule has 1 atom stereocenters. The Bertz CT molecular complexity index is 594. The first kappa shape index (κ1) is 12.6. The zero-order valence-electron chi connectivity index (χ0n) is 11.1. The summed E-state index contributed by atoms with van der Waals surface area (Å²) >= 11 is 0. The minimum atomic E-state index is -0.620. The number of hydrogen-bond acceptors (Lipinski definition) is 4. The molecule has 1 aromatic heterocycles. The number of rotatable bonds is 3. The third kappa shape index (κ3) is 2.47. The smallest absolute Gasteiger partial charge is 0.267 e. The summed E-state index contributed by atoms with van der Waals surface area (Å²) in [6, 6.07) is 11.0. The highest BCUT2D eigenvalue weighted by Crippen LogP contribution is 2.31. The zero-order valence-corrected chi connectivity index (χ0v) is 11.1. The molecule has 1 unspecified atom stereocenters. The van der Waals surface area contributed by atoms with Crippen molar-refractivity contribution in [3.8, 4) is 11.5 Å². The number of likely N-dealkylation sites (N-methyl/N-ethyl adjacent to an activating group) is 1. The van der Waals surface area contributed by atoms with Gasteiger partial charge in [0.05, 0.1) is 12.8 Å². The van der Waals surface area contributed by atoms with Gasteiger partial charge in [0.1, 0.15) is 12.4 Å². The SMILES string of the molecule is CN(Cc1ccco1)C(=O)C1COc2ccccc2O1. The second-order valence-electron chi connectivity index (χ2n) is 4.64. The van der Waals surface area contributed by atoms with Gasteiger partial charge in [-0.3, -0.25) is 4.79 Å². The number of fused-ring (bicyclic) bond motifs is 1. The molecule has 2 aromatic rings. The van der Waals surface area contributed by atoms with Crippen LogP contribution in [0.5, 0.6) is 11.5 Å². The van der Waals surface area contributed by atoms with Crippen molar-refractivity contribution < 1.29 is 18.7 Å². The molecule has 3 rings (SSSR count). The lowest BCUT2D eigenvalue weighted by Crippen LogP contribution is -2.44. The van der Waals surface area contributed by atoms with Crippen LogP contribution < -0.4 is 9.47 Å². The normalized spacial score (nSPS) is 16.8. The molecule has 1 aromatic carbocycles. The maximum Gasteiger partial charge on any atom is 0.267 e. The molecule has 0 fully saturated rings. The van der Waals surface area contributed by atoms with Gasteiger partial charge >= 0.3 is 0 Å². The number of carbonyl (C=O) groups excluding carboxylic acids is 1. The van der Waals surface area contributed by atoms with Crippen molar-refractivity contribution in [3.63, 3.8) is 0 Å². The van der Waals surface area contributed by atoms with Gasteiger partial charge in [0.25, 0.3) is 5.91 Å². The summed E-state index contributed by atoms with van der Waals surface area (Å²) in [6.07, 6.45) is 0.967. The van der Waals surface area contributed by atoms with E-state index in [9.17, 15) is 4.79 Å². The van der Waals surface area contributed by atoms with Crippen molar-refractivity contribution in [3.05, 3.63) is 48.4 Å². The van der Waals surface area contributed by atoms with Crippen molar-refractivity contribution in [2.45, 2.75) is 12.6 Å². The monoisotopic (exact) mass is 273 g/mol. The van der Waals surface area contributed by atoms with E-state index in [-0.39, 0.29) is 12.5 Å². The van der Waals surface area contributed by atoms with E-state index in [2.05, 4.69) is 0 Å². The molecule has 0 saturated heterocycles. The van der Waals surface area contributed by atoms with Crippen LogP contribution in [0, 0.1) is 0 Å². The molecular weight excluding hydrogens is 258 g/mol. The van der Waals surface area contributed by atoms with Crippen LogP contribution in [0.1, 0.15) is 5.76 Å². The summed E-state index contributed by atoms with van der Waals surface area (Å²) in [5.41, 5.74) is 0. The summed E-state index contributed by atoms with van der Waals surface area (Å²) in [4.78, 5) is 13.9. The largest absolute Gasteiger partial charge is 0.485 e. The average Bonchev–Trinajstić information content (AvgIpc) is 2.99. The molecule has 5 heteroatoms. The molecule has 0 radical (unpaired) electrons. The van der Waals surface area contributed by atoms with Crippen LogP contribution in [-0.2, 0) is 11.3 Å². The molecule has 0 bridgehead atoms. The van der Waals surface area contributed by atoms with Gasteiger partial charge in [-0.25, -0.2) is 0 Å². The topological polar surface area (TPSA) is 51.9 Å². The first-order valence-corrected chi connectivity index (χ1v) is 6.40. The van der Waals surface area contributed by atoms with E-state index in [0.29, 0.717) is 18.0 Å². The van der Waals surface area contributed by atoms with Gasteiger partial charge in [-0.2, -0.15) is 0 Å². The summed E-state index contributed by atoms with van der Waals surface area (Å²) in [5.74, 6) is 1.88. The highest BCUT2D eigenvalue weighted by atomic mass is 16.6. The number of ether oxygens (including phenoxy) is 2. The molecule has 0 N–H and O–H groups in total. The lowest BCUT2D eigenvalue weighted by atomic mass is 10.2. The maximum atomic E-state index is 12.3. The minimum absolute atomic E-state index is 0.129. The molecule has 0 spiro atoms. The third-order valence-corrected chi connectivity index (χ3v) is 3.13. The summed E-state index contributed by atoms with van der Waals surface area (Å²) in [7, 11) is 1.72. The standard InChI is InChI=1S/C15H15NO4/c1-16(9-11-5-4-8-18-11)15(17)14-10-19-12-6-2-3-7-13(12)20-14/h2-8,14H,9-10H2,1H3. The fourth-order valence-corrected chi connectivity index (χ4v) is 2.10. The molecule has 104 valence electrons. The van der Waals surface area contributed by atoms with E-state index in [4.69, 9.17) is 13.9 Å². The van der Waals surface area contributed by atoms with Gasteiger partial charge in [0.15, 0.2) is 11.5 Å². The Labute approximate surface area is 116 Å². The minimum Gasteiger partial charge on any atom is -0.485 e. The number of furan rings is 1. The van der Waals surface area contributed by atoms with Crippen LogP contribution in [-0.4, -0.2) is 30.6 Å². The van der Waals surface area contributed by atoms with E-state index in [1.54, 1.807) is 30.3 Å². The molecule has 1 amide bonds. The first-order chi connectivity index (χ1) is 9.74. The predicted octanol–water partition coefficient (Wildman–Crippen LogP) is 2.08. The van der Waals surface area contributed by atoms with Gasteiger partial charge in [0, 0.05) is 7.05 Å². The molecule has 2 heterocycles. The molecule has 0 saturated carbocycles. The van der Waals surface area contributed by atoms with Crippen molar-refractivity contribution in [2.24, 2.45) is 0 Å². The molecule has 1 aliphatic heterocycles. The lowest BCUT2D eigenvalue weighted by Gasteiger charge is -2.28. The van der Waals surface area contributed by atoms with Gasteiger partial charge in [-0.05, 0) is 24.3 Å². The van der Waals surface area contributed by atoms with E-state index in [0.717, 1.165) is 5.76 Å². The van der Waals surface area contributed by atoms with Gasteiger partial charge in [-0.15, -0.1) is 0 Å². The lowest BCUT2D eigenvalue weighted by molar-refractivity contribution is -0.140. The van der Waals surface area contributed by atoms with Crippen molar-refractivity contribution >= 4 is 5.91 Å². The highest BCUT2D eigenvalue weighted by Gasteiger charge is 2.29. The van der Waals surface area contributed by atoms with E-state index in [1.807, 2.05) is 24.3 Å². The molecule has 1 aliphatic rings. The van der Waals surface area contributed by atoms with Gasteiger partial charge in [0.2, 0.25) is 6.10 Å². The first-order valence-electron chi connectivity index (χ1n) is 6.40. The number of benzene rings is 1. The zero-order chi connectivity index (χ0) is 13.9. The number of nitrogens with zero attached hydrogens (tertiary/aromatic N) is 1. The van der Waals surface area contributed by atoms with E-state index >= 15 is 0 Å². The Morgan fingerprint density at radius 1 is 1.25 bits per heavy atom. The summed E-state index contributed by atoms with van der Waals surface area (Å²) in [5, 5.41) is 0. The molecule has 20 heavy (non-hydrogen) atoms. The fourth-order valence-electron chi connectivity index (χ4n) is 2.10. The Morgan fingerprint density at radius 2 is 2.05 bits per heavy atom. The molecular formula is C15H15NO4. The number of para-hydroxylation sites is 2. The van der Waals surface area contributed by atoms with Crippen LogP contribution >= 0.6 is 0 Å². The number of carbonyl (C=O) groups is 1. The quantitative estimate of drug-likeness (QED) is 0.859. The van der Waals surface area contributed by atoms with E-state index < -0.39 is 6.10 Å². The summed E-state index contributed by atoms with van der Waals surface area (Å²) in [6.45, 7) is 0.631. The number of amides is 1. The van der Waals surface area contributed by atoms with E-state index in [1.165, 1.54) is 0 Å². The van der Waals surface area contributed by atoms with Crippen molar-refractivity contribution in [1.82, 2.24) is 4.90 Å². The second kappa shape index (κ2) is 5.28. The Balaban J connectivity index is 1.66. The average molecular weight is 273 g/mol. The maximum absolute atomic E-state index is 12.3. The Morgan fingerprint density at radius 3 is 2.80 bits per heavy atom. The van der Waals surface area contributed by atoms with Crippen LogP contribution in [0.4, 0.5) is 0 Å². The fraction of sp³-hybridized carbons (Fsp3) is 0.267. The Kier molecular flexibility index (Phi) is 3.33. The van der Waals surface area contributed by atoms with Gasteiger partial charge in [-0.1, -0.05) is 12.1 Å². The summed E-state index contributed by atoms with van der Waals surface area (Å²) < 4.78 is 16.5. The molecule has 5 nitrogen and oxygen atoms in total. The van der Waals surface area contributed by atoms with Crippen LogP contribution in [0.3, 0.4) is 0 Å². The van der Waals surface area contributed by atoms with Crippen LogP contribution in [0.25, 0.3) is 0 Å². The predicted molar refractivity (Wildman–Crippen MR) is 71.5 cm³/mol. The van der Waals surface area contributed by atoms with Crippen molar-refractivity contribution in [2.75, 3.05) is 13.7 Å². The molecule has 0 aliphatic carbocycles. The van der Waals surface area contributed by atoms with Crippen LogP contribution in [0.15, 0.2) is 47.1 Å². The third-order valence-electron chi connectivity index (χ3n) is 3.13.